The van der Waals surface area contributed by atoms with Crippen LogP contribution in [0.5, 0.6) is 0 Å². The molecule has 1 rings (SSSR count). The van der Waals surface area contributed by atoms with E-state index in [4.69, 9.17) is 0 Å². The number of rotatable bonds is 3. The predicted molar refractivity (Wildman–Crippen MR) is 53.4 cm³/mol. The van der Waals surface area contributed by atoms with Crippen LogP contribution in [0, 0.1) is 5.92 Å². The molecule has 1 atom stereocenters. The zero-order valence-electron chi connectivity index (χ0n) is 7.79. The van der Waals surface area contributed by atoms with E-state index in [1.807, 2.05) is 4.90 Å². The van der Waals surface area contributed by atoms with Crippen molar-refractivity contribution in [3.05, 3.63) is 0 Å². The Morgan fingerprint density at radius 2 is 2.25 bits per heavy atom. The van der Waals surface area contributed by atoms with Crippen LogP contribution >= 0.6 is 12.6 Å². The molecule has 1 aliphatic rings. The quantitative estimate of drug-likeness (QED) is 0.665. The van der Waals surface area contributed by atoms with E-state index in [2.05, 4.69) is 26.5 Å². The third-order valence-corrected chi connectivity index (χ3v) is 3.11. The number of nitrogens with zero attached hydrogens (tertiary/aromatic N) is 1. The molecule has 1 heterocycles. The molecular weight excluding hydrogens is 170 g/mol. The highest BCUT2D eigenvalue weighted by molar-refractivity contribution is 7.81. The summed E-state index contributed by atoms with van der Waals surface area (Å²) >= 11 is 4.45. The molecule has 0 radical (unpaired) electrons. The molecule has 0 spiro atoms. The molecule has 0 bridgehead atoms. The fourth-order valence-corrected chi connectivity index (χ4v) is 1.53. The first-order valence-electron chi connectivity index (χ1n) is 4.57. The van der Waals surface area contributed by atoms with Crippen molar-refractivity contribution in [3.8, 4) is 0 Å². The summed E-state index contributed by atoms with van der Waals surface area (Å²) in [5.74, 6) is 0.844. The van der Waals surface area contributed by atoms with Crippen LogP contribution in [0.15, 0.2) is 0 Å². The van der Waals surface area contributed by atoms with Gasteiger partial charge in [-0.05, 0) is 12.3 Å². The van der Waals surface area contributed by atoms with Crippen molar-refractivity contribution >= 4 is 18.5 Å². The second-order valence-corrected chi connectivity index (χ2v) is 4.42. The second kappa shape index (κ2) is 4.17. The summed E-state index contributed by atoms with van der Waals surface area (Å²) in [6.45, 7) is 6.03. The number of carbonyl (C=O) groups excluding carboxylic acids is 1. The Kier molecular flexibility index (Phi) is 3.44. The van der Waals surface area contributed by atoms with E-state index in [1.54, 1.807) is 0 Å². The largest absolute Gasteiger partial charge is 0.342 e. The number of thiol groups is 1. The van der Waals surface area contributed by atoms with E-state index < -0.39 is 0 Å². The zero-order chi connectivity index (χ0) is 9.14. The lowest BCUT2D eigenvalue weighted by Gasteiger charge is -2.22. The van der Waals surface area contributed by atoms with Crippen molar-refractivity contribution in [2.24, 2.45) is 5.92 Å². The van der Waals surface area contributed by atoms with Crippen LogP contribution < -0.4 is 0 Å². The minimum atomic E-state index is 0.301. The molecule has 0 aromatic carbocycles. The number of carbonyl (C=O) groups is 1. The molecule has 1 unspecified atom stereocenters. The summed E-state index contributed by atoms with van der Waals surface area (Å²) in [5.41, 5.74) is 0. The molecule has 0 aliphatic carbocycles. The first-order valence-corrected chi connectivity index (χ1v) is 5.08. The normalized spacial score (nSPS) is 20.7. The van der Waals surface area contributed by atoms with Gasteiger partial charge in [0.15, 0.2) is 0 Å². The minimum absolute atomic E-state index is 0.301. The lowest BCUT2D eigenvalue weighted by atomic mass is 10.1. The Bertz CT molecular complexity index is 170. The van der Waals surface area contributed by atoms with Crippen LogP contribution in [-0.2, 0) is 4.79 Å². The second-order valence-electron chi connectivity index (χ2n) is 3.75. The molecule has 70 valence electrons. The monoisotopic (exact) mass is 187 g/mol. The highest BCUT2D eigenvalue weighted by Gasteiger charge is 2.22. The van der Waals surface area contributed by atoms with Crippen LogP contribution in [0.1, 0.15) is 26.7 Å². The minimum Gasteiger partial charge on any atom is -0.342 e. The molecule has 1 amide bonds. The Hall–Kier alpha value is -0.180. The lowest BCUT2D eigenvalue weighted by molar-refractivity contribution is -0.127. The molecule has 1 fully saturated rings. The van der Waals surface area contributed by atoms with E-state index >= 15 is 0 Å². The molecule has 0 aromatic rings. The molecule has 3 heteroatoms. The highest BCUT2D eigenvalue weighted by atomic mass is 32.1. The van der Waals surface area contributed by atoms with Gasteiger partial charge in [-0.2, -0.15) is 12.6 Å². The van der Waals surface area contributed by atoms with E-state index in [0.717, 1.165) is 25.9 Å². The first kappa shape index (κ1) is 9.90. The van der Waals surface area contributed by atoms with E-state index in [-0.39, 0.29) is 0 Å². The smallest absolute Gasteiger partial charge is 0.222 e. The molecule has 12 heavy (non-hydrogen) atoms. The average Bonchev–Trinajstić information content (AvgIpc) is 2.36. The average molecular weight is 187 g/mol. The Morgan fingerprint density at radius 1 is 1.58 bits per heavy atom. The van der Waals surface area contributed by atoms with Crippen molar-refractivity contribution in [3.63, 3.8) is 0 Å². The Morgan fingerprint density at radius 3 is 2.67 bits per heavy atom. The maximum Gasteiger partial charge on any atom is 0.222 e. The predicted octanol–water partition coefficient (Wildman–Crippen LogP) is 1.56. The van der Waals surface area contributed by atoms with Crippen molar-refractivity contribution in [1.82, 2.24) is 4.90 Å². The summed E-state index contributed by atoms with van der Waals surface area (Å²) in [6, 6.07) is 0. The molecular formula is C9H17NOS. The van der Waals surface area contributed by atoms with E-state index in [0.29, 0.717) is 17.1 Å². The summed E-state index contributed by atoms with van der Waals surface area (Å²) in [7, 11) is 0. The van der Waals surface area contributed by atoms with E-state index in [9.17, 15) is 4.79 Å². The third kappa shape index (κ3) is 2.41. The van der Waals surface area contributed by atoms with Crippen molar-refractivity contribution in [1.29, 1.82) is 0 Å². The van der Waals surface area contributed by atoms with Crippen molar-refractivity contribution < 1.29 is 4.79 Å². The maximum atomic E-state index is 11.2. The Labute approximate surface area is 79.7 Å². The molecule has 2 nitrogen and oxygen atoms in total. The lowest BCUT2D eigenvalue weighted by Crippen LogP contribution is -2.33. The molecule has 0 aromatic heterocycles. The molecule has 1 saturated heterocycles. The van der Waals surface area contributed by atoms with Gasteiger partial charge in [-0.25, -0.2) is 0 Å². The van der Waals surface area contributed by atoms with Gasteiger partial charge in [0.25, 0.3) is 0 Å². The summed E-state index contributed by atoms with van der Waals surface area (Å²) in [4.78, 5) is 13.2. The van der Waals surface area contributed by atoms with Crippen molar-refractivity contribution in [2.45, 2.75) is 31.9 Å². The van der Waals surface area contributed by atoms with Crippen LogP contribution in [0.3, 0.4) is 0 Å². The van der Waals surface area contributed by atoms with Gasteiger partial charge in [0.2, 0.25) is 5.91 Å². The fourth-order valence-electron chi connectivity index (χ4n) is 1.33. The van der Waals surface area contributed by atoms with Gasteiger partial charge in [0, 0.05) is 24.8 Å². The van der Waals surface area contributed by atoms with Gasteiger partial charge in [-0.3, -0.25) is 4.79 Å². The van der Waals surface area contributed by atoms with Crippen LogP contribution in [-0.4, -0.2) is 29.1 Å². The summed E-state index contributed by atoms with van der Waals surface area (Å²) < 4.78 is 0. The van der Waals surface area contributed by atoms with Gasteiger partial charge in [0.1, 0.15) is 0 Å². The standard InChI is InChI=1S/C9H17NOS/c1-7(2)8(12)6-10-5-3-4-9(10)11/h7-8,12H,3-6H2,1-2H3. The summed E-state index contributed by atoms with van der Waals surface area (Å²) in [5, 5.41) is 0.326. The number of amides is 1. The SMILES string of the molecule is CC(C)C(S)CN1CCCC1=O. The Balaban J connectivity index is 2.35. The van der Waals surface area contributed by atoms with Gasteiger partial charge in [-0.1, -0.05) is 13.8 Å². The van der Waals surface area contributed by atoms with Gasteiger partial charge in [0.05, 0.1) is 0 Å². The van der Waals surface area contributed by atoms with E-state index in [1.165, 1.54) is 0 Å². The fraction of sp³-hybridized carbons (Fsp3) is 0.889. The van der Waals surface area contributed by atoms with Crippen LogP contribution in [0.25, 0.3) is 0 Å². The number of hydrogen-bond donors (Lipinski definition) is 1. The maximum absolute atomic E-state index is 11.2. The number of likely N-dealkylation sites (tertiary alicyclic amines) is 1. The summed E-state index contributed by atoms with van der Waals surface area (Å²) in [6.07, 6.45) is 1.76. The van der Waals surface area contributed by atoms with Crippen molar-refractivity contribution in [2.75, 3.05) is 13.1 Å². The first-order chi connectivity index (χ1) is 5.61. The molecule has 0 saturated carbocycles. The van der Waals surface area contributed by atoms with Crippen LogP contribution in [0.2, 0.25) is 0 Å². The van der Waals surface area contributed by atoms with Gasteiger partial charge in [-0.15, -0.1) is 0 Å². The number of hydrogen-bond acceptors (Lipinski definition) is 2. The third-order valence-electron chi connectivity index (χ3n) is 2.35. The zero-order valence-corrected chi connectivity index (χ0v) is 8.68. The highest BCUT2D eigenvalue weighted by Crippen LogP contribution is 2.15. The molecule has 1 aliphatic heterocycles. The van der Waals surface area contributed by atoms with Crippen LogP contribution in [0.4, 0.5) is 0 Å². The molecule has 0 N–H and O–H groups in total. The topological polar surface area (TPSA) is 20.3 Å². The van der Waals surface area contributed by atoms with Gasteiger partial charge >= 0.3 is 0 Å². The van der Waals surface area contributed by atoms with Gasteiger partial charge < -0.3 is 4.90 Å².